The fourth-order valence-corrected chi connectivity index (χ4v) is 5.46. The summed E-state index contributed by atoms with van der Waals surface area (Å²) in [5.41, 5.74) is 0.242. The molecule has 4 atom stereocenters. The van der Waals surface area contributed by atoms with Gasteiger partial charge in [0.1, 0.15) is 0 Å². The standard InChI is InChI=1S/C15H27NOS/c1-11(12-3-4-12)14(16-2)13-5-7-17-15(9-13)6-8-18-10-15/h11-14,16H,3-10H2,1-2H3. The Kier molecular flexibility index (Phi) is 3.93. The Morgan fingerprint density at radius 3 is 2.72 bits per heavy atom. The molecule has 4 unspecified atom stereocenters. The van der Waals surface area contributed by atoms with E-state index in [9.17, 15) is 0 Å². The van der Waals surface area contributed by atoms with Gasteiger partial charge in [-0.15, -0.1) is 0 Å². The lowest BCUT2D eigenvalue weighted by Crippen LogP contribution is -2.48. The summed E-state index contributed by atoms with van der Waals surface area (Å²) in [7, 11) is 2.16. The van der Waals surface area contributed by atoms with Crippen LogP contribution in [-0.2, 0) is 4.74 Å². The molecule has 0 bridgehead atoms. The van der Waals surface area contributed by atoms with Crippen molar-refractivity contribution < 1.29 is 4.74 Å². The number of hydrogen-bond acceptors (Lipinski definition) is 3. The fourth-order valence-electron chi connectivity index (χ4n) is 4.08. The van der Waals surface area contributed by atoms with Crippen molar-refractivity contribution in [2.45, 2.75) is 50.7 Å². The highest BCUT2D eigenvalue weighted by Gasteiger charge is 2.44. The third-order valence-corrected chi connectivity index (χ3v) is 6.59. The van der Waals surface area contributed by atoms with E-state index < -0.39 is 0 Å². The summed E-state index contributed by atoms with van der Waals surface area (Å²) in [5, 5.41) is 3.64. The molecule has 18 heavy (non-hydrogen) atoms. The van der Waals surface area contributed by atoms with Crippen molar-refractivity contribution in [2.24, 2.45) is 17.8 Å². The van der Waals surface area contributed by atoms with Crippen LogP contribution in [-0.4, -0.2) is 36.8 Å². The number of ether oxygens (including phenoxy) is 1. The quantitative estimate of drug-likeness (QED) is 0.848. The van der Waals surface area contributed by atoms with Gasteiger partial charge in [-0.25, -0.2) is 0 Å². The first-order chi connectivity index (χ1) is 8.74. The molecule has 0 radical (unpaired) electrons. The molecule has 2 nitrogen and oxygen atoms in total. The molecule has 0 aromatic rings. The highest BCUT2D eigenvalue weighted by molar-refractivity contribution is 7.99. The maximum atomic E-state index is 6.16. The van der Waals surface area contributed by atoms with E-state index in [-0.39, 0.29) is 5.60 Å². The lowest BCUT2D eigenvalue weighted by atomic mass is 9.76. The van der Waals surface area contributed by atoms with Gasteiger partial charge in [0, 0.05) is 18.4 Å². The molecule has 3 rings (SSSR count). The van der Waals surface area contributed by atoms with Crippen LogP contribution < -0.4 is 5.32 Å². The van der Waals surface area contributed by atoms with Crippen molar-refractivity contribution in [1.29, 1.82) is 0 Å². The largest absolute Gasteiger partial charge is 0.374 e. The van der Waals surface area contributed by atoms with Gasteiger partial charge in [-0.05, 0) is 62.7 Å². The van der Waals surface area contributed by atoms with Gasteiger partial charge in [0.05, 0.1) is 5.60 Å². The molecule has 1 saturated carbocycles. The molecule has 0 amide bonds. The van der Waals surface area contributed by atoms with Crippen molar-refractivity contribution in [1.82, 2.24) is 5.32 Å². The highest BCUT2D eigenvalue weighted by atomic mass is 32.2. The Balaban J connectivity index is 1.66. The zero-order chi connectivity index (χ0) is 12.6. The van der Waals surface area contributed by atoms with Crippen molar-refractivity contribution in [3.05, 3.63) is 0 Å². The third kappa shape index (κ3) is 2.59. The Morgan fingerprint density at radius 1 is 1.28 bits per heavy atom. The van der Waals surface area contributed by atoms with E-state index in [0.717, 1.165) is 24.4 Å². The van der Waals surface area contributed by atoms with E-state index in [1.165, 1.54) is 43.6 Å². The van der Waals surface area contributed by atoms with Crippen LogP contribution in [0.3, 0.4) is 0 Å². The van der Waals surface area contributed by atoms with Crippen LogP contribution in [0.4, 0.5) is 0 Å². The molecule has 0 aromatic carbocycles. The van der Waals surface area contributed by atoms with Gasteiger partial charge in [0.15, 0.2) is 0 Å². The lowest BCUT2D eigenvalue weighted by Gasteiger charge is -2.42. The van der Waals surface area contributed by atoms with E-state index in [1.54, 1.807) is 0 Å². The number of nitrogens with one attached hydrogen (secondary N) is 1. The Bertz CT molecular complexity index is 286. The summed E-state index contributed by atoms with van der Waals surface area (Å²) < 4.78 is 6.16. The van der Waals surface area contributed by atoms with Crippen LogP contribution in [0.15, 0.2) is 0 Å². The SMILES string of the molecule is CNC(C1CCOC2(CCSC2)C1)C(C)C1CC1. The fraction of sp³-hybridized carbons (Fsp3) is 1.00. The number of thioether (sulfide) groups is 1. The molecule has 2 heterocycles. The van der Waals surface area contributed by atoms with Gasteiger partial charge in [0.2, 0.25) is 0 Å². The summed E-state index contributed by atoms with van der Waals surface area (Å²) in [6.45, 7) is 3.45. The molecule has 0 aromatic heterocycles. The van der Waals surface area contributed by atoms with Gasteiger partial charge < -0.3 is 10.1 Å². The molecule has 3 aliphatic rings. The minimum Gasteiger partial charge on any atom is -0.374 e. The summed E-state index contributed by atoms with van der Waals surface area (Å²) >= 11 is 2.08. The van der Waals surface area contributed by atoms with Gasteiger partial charge >= 0.3 is 0 Å². The minimum absolute atomic E-state index is 0.242. The summed E-state index contributed by atoms with van der Waals surface area (Å²) in [6, 6.07) is 0.712. The first-order valence-electron chi connectivity index (χ1n) is 7.63. The summed E-state index contributed by atoms with van der Waals surface area (Å²) in [4.78, 5) is 0. The second-order valence-electron chi connectivity index (χ2n) is 6.60. The molecular weight excluding hydrogens is 242 g/mol. The summed E-state index contributed by atoms with van der Waals surface area (Å²) in [5.74, 6) is 5.22. The maximum absolute atomic E-state index is 6.16. The average molecular weight is 269 g/mol. The van der Waals surface area contributed by atoms with Crippen LogP contribution in [0, 0.1) is 17.8 Å². The van der Waals surface area contributed by atoms with Crippen LogP contribution in [0.25, 0.3) is 0 Å². The molecule has 3 fully saturated rings. The van der Waals surface area contributed by atoms with E-state index in [1.807, 2.05) is 0 Å². The Hall–Kier alpha value is 0.270. The first-order valence-corrected chi connectivity index (χ1v) is 8.78. The van der Waals surface area contributed by atoms with Crippen molar-refractivity contribution in [3.63, 3.8) is 0 Å². The molecule has 1 aliphatic carbocycles. The van der Waals surface area contributed by atoms with Gasteiger partial charge in [-0.2, -0.15) is 11.8 Å². The predicted molar refractivity (Wildman–Crippen MR) is 78.1 cm³/mol. The van der Waals surface area contributed by atoms with Gasteiger partial charge in [-0.3, -0.25) is 0 Å². The van der Waals surface area contributed by atoms with Crippen molar-refractivity contribution in [2.75, 3.05) is 25.2 Å². The molecule has 2 saturated heterocycles. The normalized spacial score (nSPS) is 40.0. The molecule has 3 heteroatoms. The third-order valence-electron chi connectivity index (χ3n) is 5.37. The van der Waals surface area contributed by atoms with Crippen LogP contribution in [0.1, 0.15) is 39.0 Å². The smallest absolute Gasteiger partial charge is 0.0783 e. The van der Waals surface area contributed by atoms with Crippen molar-refractivity contribution >= 4 is 11.8 Å². The lowest BCUT2D eigenvalue weighted by molar-refractivity contribution is -0.0880. The van der Waals surface area contributed by atoms with Crippen LogP contribution in [0.5, 0.6) is 0 Å². The molecular formula is C15H27NOS. The van der Waals surface area contributed by atoms with E-state index in [4.69, 9.17) is 4.74 Å². The predicted octanol–water partition coefficient (Wildman–Crippen LogP) is 2.92. The maximum Gasteiger partial charge on any atom is 0.0783 e. The second kappa shape index (κ2) is 5.34. The zero-order valence-electron chi connectivity index (χ0n) is 11.8. The van der Waals surface area contributed by atoms with Crippen molar-refractivity contribution in [3.8, 4) is 0 Å². The topological polar surface area (TPSA) is 21.3 Å². The molecule has 1 spiro atoms. The second-order valence-corrected chi connectivity index (χ2v) is 7.70. The van der Waals surface area contributed by atoms with Crippen LogP contribution >= 0.6 is 11.8 Å². The minimum atomic E-state index is 0.242. The summed E-state index contributed by atoms with van der Waals surface area (Å²) in [6.07, 6.45) is 6.76. The Morgan fingerprint density at radius 2 is 2.11 bits per heavy atom. The van der Waals surface area contributed by atoms with E-state index in [0.29, 0.717) is 6.04 Å². The zero-order valence-corrected chi connectivity index (χ0v) is 12.6. The number of rotatable bonds is 4. The van der Waals surface area contributed by atoms with E-state index >= 15 is 0 Å². The van der Waals surface area contributed by atoms with E-state index in [2.05, 4.69) is 31.1 Å². The number of hydrogen-bond donors (Lipinski definition) is 1. The molecule has 104 valence electrons. The highest BCUT2D eigenvalue weighted by Crippen LogP contribution is 2.45. The average Bonchev–Trinajstić information content (AvgIpc) is 3.14. The van der Waals surface area contributed by atoms with Crippen LogP contribution in [0.2, 0.25) is 0 Å². The molecule has 1 N–H and O–H groups in total. The Labute approximate surface area is 116 Å². The van der Waals surface area contributed by atoms with Gasteiger partial charge in [0.25, 0.3) is 0 Å². The molecule has 2 aliphatic heterocycles. The monoisotopic (exact) mass is 269 g/mol. The van der Waals surface area contributed by atoms with Gasteiger partial charge in [-0.1, -0.05) is 6.92 Å². The first kappa shape index (κ1) is 13.3.